The number of rotatable bonds is 5. The number of amides is 1. The van der Waals surface area contributed by atoms with E-state index in [0.717, 1.165) is 5.69 Å². The Hall–Kier alpha value is -3.55. The molecule has 8 nitrogen and oxygen atoms in total. The Morgan fingerprint density at radius 1 is 1.12 bits per heavy atom. The van der Waals surface area contributed by atoms with Gasteiger partial charge in [0.15, 0.2) is 11.5 Å². The van der Waals surface area contributed by atoms with E-state index in [4.69, 9.17) is 13.9 Å². The summed E-state index contributed by atoms with van der Waals surface area (Å²) >= 11 is 0. The molecule has 1 aliphatic rings. The van der Waals surface area contributed by atoms with Crippen LogP contribution in [0, 0.1) is 0 Å². The highest BCUT2D eigenvalue weighted by Crippen LogP contribution is 2.34. The third-order valence-corrected chi connectivity index (χ3v) is 3.55. The molecule has 0 saturated heterocycles. The van der Waals surface area contributed by atoms with Crippen molar-refractivity contribution in [1.82, 2.24) is 15.3 Å². The van der Waals surface area contributed by atoms with Crippen LogP contribution in [0.25, 0.3) is 0 Å². The lowest BCUT2D eigenvalue weighted by molar-refractivity contribution is 0.0943. The molecule has 0 saturated carbocycles. The number of carbonyl (C=O) groups is 1. The molecule has 3 heterocycles. The van der Waals surface area contributed by atoms with Crippen molar-refractivity contribution in [3.63, 3.8) is 0 Å². The minimum atomic E-state index is -0.312. The number of hydrogen-bond donors (Lipinski definition) is 2. The molecule has 1 amide bonds. The maximum Gasteiger partial charge on any atom is 0.270 e. The highest BCUT2D eigenvalue weighted by atomic mass is 16.7. The molecule has 2 aromatic heterocycles. The van der Waals surface area contributed by atoms with E-state index < -0.39 is 0 Å². The van der Waals surface area contributed by atoms with Crippen molar-refractivity contribution in [1.29, 1.82) is 0 Å². The molecule has 25 heavy (non-hydrogen) atoms. The molecule has 0 bridgehead atoms. The van der Waals surface area contributed by atoms with Crippen LogP contribution in [0.4, 0.5) is 11.5 Å². The molecular weight excluding hydrogens is 324 g/mol. The molecule has 0 atom stereocenters. The van der Waals surface area contributed by atoms with Crippen molar-refractivity contribution in [3.8, 4) is 11.5 Å². The van der Waals surface area contributed by atoms with E-state index in [2.05, 4.69) is 20.6 Å². The Kier molecular flexibility index (Phi) is 3.91. The summed E-state index contributed by atoms with van der Waals surface area (Å²) in [7, 11) is 0. The van der Waals surface area contributed by atoms with Gasteiger partial charge in [0.2, 0.25) is 6.79 Å². The van der Waals surface area contributed by atoms with Crippen LogP contribution in [0.15, 0.2) is 53.4 Å². The zero-order valence-electron chi connectivity index (χ0n) is 13.1. The molecule has 4 rings (SSSR count). The van der Waals surface area contributed by atoms with Gasteiger partial charge in [0, 0.05) is 17.8 Å². The molecule has 1 aromatic carbocycles. The van der Waals surface area contributed by atoms with E-state index in [0.29, 0.717) is 29.6 Å². The standard InChI is InChI=1S/C17H14N4O4/c22-17(18-8-12-2-1-5-23-12)13-7-16(20-9-19-13)21-11-3-4-14-15(6-11)25-10-24-14/h1-7,9H,8,10H2,(H,18,22)(H,19,20,21). The van der Waals surface area contributed by atoms with Gasteiger partial charge in [0.25, 0.3) is 5.91 Å². The van der Waals surface area contributed by atoms with E-state index in [-0.39, 0.29) is 18.4 Å². The van der Waals surface area contributed by atoms with Gasteiger partial charge in [0.05, 0.1) is 12.8 Å². The normalized spacial score (nSPS) is 12.0. The molecule has 2 N–H and O–H groups in total. The first kappa shape index (κ1) is 15.0. The van der Waals surface area contributed by atoms with Crippen LogP contribution in [0.2, 0.25) is 0 Å². The Balaban J connectivity index is 1.44. The molecule has 1 aliphatic heterocycles. The van der Waals surface area contributed by atoms with E-state index >= 15 is 0 Å². The summed E-state index contributed by atoms with van der Waals surface area (Å²) in [6, 6.07) is 10.6. The van der Waals surface area contributed by atoms with Gasteiger partial charge in [-0.15, -0.1) is 0 Å². The zero-order chi connectivity index (χ0) is 17.1. The van der Waals surface area contributed by atoms with E-state index in [1.807, 2.05) is 12.1 Å². The smallest absolute Gasteiger partial charge is 0.270 e. The fourth-order valence-electron chi connectivity index (χ4n) is 2.34. The first-order chi connectivity index (χ1) is 12.3. The monoisotopic (exact) mass is 338 g/mol. The molecule has 126 valence electrons. The van der Waals surface area contributed by atoms with Crippen LogP contribution < -0.4 is 20.1 Å². The number of fused-ring (bicyclic) bond motifs is 1. The highest BCUT2D eigenvalue weighted by molar-refractivity contribution is 5.92. The maximum atomic E-state index is 12.2. The molecule has 0 fully saturated rings. The number of anilines is 2. The van der Waals surface area contributed by atoms with Crippen LogP contribution in [0.5, 0.6) is 11.5 Å². The van der Waals surface area contributed by atoms with Gasteiger partial charge in [0.1, 0.15) is 23.6 Å². The maximum absolute atomic E-state index is 12.2. The molecule has 3 aromatic rings. The summed E-state index contributed by atoms with van der Waals surface area (Å²) in [5.74, 6) is 2.22. The minimum Gasteiger partial charge on any atom is -0.467 e. The molecule has 0 aliphatic carbocycles. The summed E-state index contributed by atoms with van der Waals surface area (Å²) in [5.41, 5.74) is 1.02. The topological polar surface area (TPSA) is 98.5 Å². The molecule has 0 spiro atoms. The predicted octanol–water partition coefficient (Wildman–Crippen LogP) is 2.47. The number of benzene rings is 1. The Morgan fingerprint density at radius 3 is 2.92 bits per heavy atom. The van der Waals surface area contributed by atoms with Crippen molar-refractivity contribution >= 4 is 17.4 Å². The third-order valence-electron chi connectivity index (χ3n) is 3.55. The van der Waals surface area contributed by atoms with Gasteiger partial charge in [-0.25, -0.2) is 9.97 Å². The van der Waals surface area contributed by atoms with Crippen LogP contribution in [-0.2, 0) is 6.54 Å². The number of carbonyl (C=O) groups excluding carboxylic acids is 1. The van der Waals surface area contributed by atoms with Crippen molar-refractivity contribution in [2.75, 3.05) is 12.1 Å². The fourth-order valence-corrected chi connectivity index (χ4v) is 2.34. The molecule has 8 heteroatoms. The van der Waals surface area contributed by atoms with Crippen LogP contribution >= 0.6 is 0 Å². The van der Waals surface area contributed by atoms with E-state index in [1.54, 1.807) is 30.5 Å². The lowest BCUT2D eigenvalue weighted by atomic mass is 10.2. The van der Waals surface area contributed by atoms with Gasteiger partial charge >= 0.3 is 0 Å². The summed E-state index contributed by atoms with van der Waals surface area (Å²) in [6.45, 7) is 0.507. The Labute approximate surface area is 142 Å². The fraction of sp³-hybridized carbons (Fsp3) is 0.118. The Bertz CT molecular complexity index is 895. The first-order valence-electron chi connectivity index (χ1n) is 7.57. The second kappa shape index (κ2) is 6.52. The van der Waals surface area contributed by atoms with Crippen LogP contribution in [-0.4, -0.2) is 22.7 Å². The van der Waals surface area contributed by atoms with Gasteiger partial charge in [-0.2, -0.15) is 0 Å². The highest BCUT2D eigenvalue weighted by Gasteiger charge is 2.14. The number of aromatic nitrogens is 2. The molecule has 0 unspecified atom stereocenters. The van der Waals surface area contributed by atoms with Crippen molar-refractivity contribution in [3.05, 3.63) is 60.4 Å². The zero-order valence-corrected chi connectivity index (χ0v) is 13.1. The van der Waals surface area contributed by atoms with Crippen molar-refractivity contribution in [2.24, 2.45) is 0 Å². The summed E-state index contributed by atoms with van der Waals surface area (Å²) < 4.78 is 15.8. The summed E-state index contributed by atoms with van der Waals surface area (Å²) in [5, 5.41) is 5.85. The van der Waals surface area contributed by atoms with Crippen LogP contribution in [0.1, 0.15) is 16.2 Å². The number of nitrogens with one attached hydrogen (secondary N) is 2. The lowest BCUT2D eigenvalue weighted by Crippen LogP contribution is -2.23. The third kappa shape index (κ3) is 3.37. The van der Waals surface area contributed by atoms with Gasteiger partial charge in [-0.3, -0.25) is 4.79 Å². The lowest BCUT2D eigenvalue weighted by Gasteiger charge is -2.08. The van der Waals surface area contributed by atoms with Gasteiger partial charge in [-0.1, -0.05) is 0 Å². The quantitative estimate of drug-likeness (QED) is 0.737. The Morgan fingerprint density at radius 2 is 2.04 bits per heavy atom. The average Bonchev–Trinajstić information content (AvgIpc) is 3.31. The van der Waals surface area contributed by atoms with Crippen molar-refractivity contribution in [2.45, 2.75) is 6.54 Å². The number of hydrogen-bond acceptors (Lipinski definition) is 7. The average molecular weight is 338 g/mol. The second-order valence-electron chi connectivity index (χ2n) is 5.24. The van der Waals surface area contributed by atoms with Gasteiger partial charge < -0.3 is 24.5 Å². The number of ether oxygens (including phenoxy) is 2. The van der Waals surface area contributed by atoms with Crippen molar-refractivity contribution < 1.29 is 18.7 Å². The molecule has 0 radical (unpaired) electrons. The van der Waals surface area contributed by atoms with E-state index in [9.17, 15) is 4.79 Å². The minimum absolute atomic E-state index is 0.215. The summed E-state index contributed by atoms with van der Waals surface area (Å²) in [6.07, 6.45) is 2.89. The van der Waals surface area contributed by atoms with E-state index in [1.165, 1.54) is 6.33 Å². The SMILES string of the molecule is O=C(NCc1ccco1)c1cc(Nc2ccc3c(c2)OCO3)ncn1. The molecular formula is C17H14N4O4. The summed E-state index contributed by atoms with van der Waals surface area (Å²) in [4.78, 5) is 20.3. The van der Waals surface area contributed by atoms with Gasteiger partial charge in [-0.05, 0) is 24.3 Å². The second-order valence-corrected chi connectivity index (χ2v) is 5.24. The first-order valence-corrected chi connectivity index (χ1v) is 7.57. The number of furan rings is 1. The number of nitrogens with zero attached hydrogens (tertiary/aromatic N) is 2. The van der Waals surface area contributed by atoms with Crippen LogP contribution in [0.3, 0.4) is 0 Å². The largest absolute Gasteiger partial charge is 0.467 e. The predicted molar refractivity (Wildman–Crippen MR) is 87.8 cm³/mol.